The van der Waals surface area contributed by atoms with Gasteiger partial charge in [-0.2, -0.15) is 8.78 Å². The van der Waals surface area contributed by atoms with E-state index in [1.54, 1.807) is 30.3 Å². The Morgan fingerprint density at radius 1 is 1.38 bits per heavy atom. The summed E-state index contributed by atoms with van der Waals surface area (Å²) in [6.45, 7) is -3.20. The van der Waals surface area contributed by atoms with Gasteiger partial charge in [-0.25, -0.2) is 4.79 Å². The lowest BCUT2D eigenvalue weighted by Crippen LogP contribution is -2.35. The summed E-state index contributed by atoms with van der Waals surface area (Å²) >= 11 is 0. The highest BCUT2D eigenvalue weighted by molar-refractivity contribution is 5.72. The zero-order chi connectivity index (χ0) is 12.0. The minimum absolute atomic E-state index is 0.329. The summed E-state index contributed by atoms with van der Waals surface area (Å²) in [6, 6.07) is 7.16. The topological polar surface area (TPSA) is 64.4 Å². The maximum atomic E-state index is 11.9. The number of primary amides is 1. The van der Waals surface area contributed by atoms with Gasteiger partial charge in [-0.05, 0) is 5.56 Å². The van der Waals surface area contributed by atoms with Gasteiger partial charge in [-0.15, -0.1) is 0 Å². The number of nitrogens with one attached hydrogen (secondary N) is 1. The second-order valence-electron chi connectivity index (χ2n) is 3.07. The minimum atomic E-state index is -2.87. The standard InChI is InChI=1S/C10H12F2N2O2/c11-9(12)16-6-8(14-10(13)15)7-4-2-1-3-5-7/h1-5,8-9H,6H2,(H3,13,14,15). The van der Waals surface area contributed by atoms with Crippen LogP contribution in [-0.2, 0) is 4.74 Å². The molecule has 0 spiro atoms. The quantitative estimate of drug-likeness (QED) is 0.807. The Morgan fingerprint density at radius 3 is 2.50 bits per heavy atom. The van der Waals surface area contributed by atoms with Crippen LogP contribution < -0.4 is 11.1 Å². The average molecular weight is 230 g/mol. The SMILES string of the molecule is NC(=O)NC(COC(F)F)c1ccccc1. The highest BCUT2D eigenvalue weighted by Gasteiger charge is 2.15. The number of carbonyl (C=O) groups excluding carboxylic acids is 1. The Hall–Kier alpha value is -1.69. The van der Waals surface area contributed by atoms with Crippen molar-refractivity contribution in [1.29, 1.82) is 0 Å². The van der Waals surface area contributed by atoms with Crippen LogP contribution in [0.25, 0.3) is 0 Å². The van der Waals surface area contributed by atoms with Gasteiger partial charge in [0, 0.05) is 0 Å². The lowest BCUT2D eigenvalue weighted by molar-refractivity contribution is -0.133. The molecule has 0 fully saturated rings. The third-order valence-corrected chi connectivity index (χ3v) is 1.91. The normalized spacial score (nSPS) is 12.4. The molecule has 0 aliphatic rings. The zero-order valence-electron chi connectivity index (χ0n) is 8.40. The molecule has 88 valence electrons. The molecular weight excluding hydrogens is 218 g/mol. The summed E-state index contributed by atoms with van der Waals surface area (Å²) in [4.78, 5) is 10.7. The van der Waals surface area contributed by atoms with Gasteiger partial charge < -0.3 is 15.8 Å². The first-order valence-corrected chi connectivity index (χ1v) is 4.60. The molecule has 0 radical (unpaired) electrons. The molecule has 0 heterocycles. The molecule has 1 aromatic rings. The molecule has 2 amide bonds. The molecular formula is C10H12F2N2O2. The number of carbonyl (C=O) groups is 1. The molecule has 0 aliphatic heterocycles. The largest absolute Gasteiger partial charge is 0.352 e. The van der Waals surface area contributed by atoms with Crippen LogP contribution in [0.4, 0.5) is 13.6 Å². The van der Waals surface area contributed by atoms with Crippen LogP contribution in [0.5, 0.6) is 0 Å². The number of benzene rings is 1. The maximum absolute atomic E-state index is 11.9. The fourth-order valence-electron chi connectivity index (χ4n) is 1.25. The Kier molecular flexibility index (Phi) is 4.65. The van der Waals surface area contributed by atoms with Gasteiger partial charge in [0.05, 0.1) is 12.6 Å². The van der Waals surface area contributed by atoms with Gasteiger partial charge in [0.25, 0.3) is 0 Å². The minimum Gasteiger partial charge on any atom is -0.352 e. The summed E-state index contributed by atoms with van der Waals surface area (Å²) in [7, 11) is 0. The van der Waals surface area contributed by atoms with E-state index in [-0.39, 0.29) is 6.61 Å². The van der Waals surface area contributed by atoms with Crippen molar-refractivity contribution in [3.63, 3.8) is 0 Å². The highest BCUT2D eigenvalue weighted by Crippen LogP contribution is 2.13. The molecule has 6 heteroatoms. The van der Waals surface area contributed by atoms with Crippen molar-refractivity contribution in [2.75, 3.05) is 6.61 Å². The van der Waals surface area contributed by atoms with E-state index in [1.807, 2.05) is 0 Å². The predicted octanol–water partition coefficient (Wildman–Crippen LogP) is 1.64. The van der Waals surface area contributed by atoms with Crippen molar-refractivity contribution >= 4 is 6.03 Å². The van der Waals surface area contributed by atoms with Gasteiger partial charge in [-0.1, -0.05) is 30.3 Å². The van der Waals surface area contributed by atoms with Crippen LogP contribution in [0.15, 0.2) is 30.3 Å². The molecule has 0 aromatic heterocycles. The highest BCUT2D eigenvalue weighted by atomic mass is 19.3. The molecule has 0 bridgehead atoms. The van der Waals surface area contributed by atoms with E-state index in [2.05, 4.69) is 10.1 Å². The predicted molar refractivity (Wildman–Crippen MR) is 53.9 cm³/mol. The van der Waals surface area contributed by atoms with Gasteiger partial charge in [-0.3, -0.25) is 0 Å². The van der Waals surface area contributed by atoms with E-state index in [0.29, 0.717) is 5.56 Å². The van der Waals surface area contributed by atoms with Gasteiger partial charge in [0.15, 0.2) is 0 Å². The van der Waals surface area contributed by atoms with Gasteiger partial charge in [0.2, 0.25) is 0 Å². The second-order valence-corrected chi connectivity index (χ2v) is 3.07. The van der Waals surface area contributed by atoms with Gasteiger partial charge in [0.1, 0.15) is 0 Å². The van der Waals surface area contributed by atoms with Crippen molar-refractivity contribution in [3.8, 4) is 0 Å². The Labute approximate surface area is 91.4 Å². The zero-order valence-corrected chi connectivity index (χ0v) is 8.40. The molecule has 0 saturated heterocycles. The molecule has 1 aromatic carbocycles. The average Bonchev–Trinajstić information content (AvgIpc) is 2.25. The molecule has 1 unspecified atom stereocenters. The van der Waals surface area contributed by atoms with Crippen molar-refractivity contribution in [2.45, 2.75) is 12.7 Å². The Morgan fingerprint density at radius 2 is 2.00 bits per heavy atom. The maximum Gasteiger partial charge on any atom is 0.345 e. The van der Waals surface area contributed by atoms with Gasteiger partial charge >= 0.3 is 12.6 Å². The third-order valence-electron chi connectivity index (χ3n) is 1.91. The lowest BCUT2D eigenvalue weighted by atomic mass is 10.1. The third kappa shape index (κ3) is 4.22. The number of hydrogen-bond acceptors (Lipinski definition) is 2. The summed E-state index contributed by atoms with van der Waals surface area (Å²) < 4.78 is 27.9. The van der Waals surface area contributed by atoms with Crippen LogP contribution in [0.3, 0.4) is 0 Å². The van der Waals surface area contributed by atoms with Crippen LogP contribution in [0, 0.1) is 0 Å². The second kappa shape index (κ2) is 6.02. The molecule has 0 saturated carbocycles. The van der Waals surface area contributed by atoms with E-state index < -0.39 is 18.7 Å². The van der Waals surface area contributed by atoms with Crippen molar-refractivity contribution in [1.82, 2.24) is 5.32 Å². The van der Waals surface area contributed by atoms with E-state index in [9.17, 15) is 13.6 Å². The molecule has 1 rings (SSSR count). The lowest BCUT2D eigenvalue weighted by Gasteiger charge is -2.17. The number of ether oxygens (including phenoxy) is 1. The summed E-state index contributed by atoms with van der Waals surface area (Å²) in [5.74, 6) is 0. The number of rotatable bonds is 5. The summed E-state index contributed by atoms with van der Waals surface area (Å²) in [5, 5.41) is 2.33. The van der Waals surface area contributed by atoms with Crippen LogP contribution in [0.2, 0.25) is 0 Å². The molecule has 1 atom stereocenters. The number of hydrogen-bond donors (Lipinski definition) is 2. The van der Waals surface area contributed by atoms with E-state index in [0.717, 1.165) is 0 Å². The fourth-order valence-corrected chi connectivity index (χ4v) is 1.25. The smallest absolute Gasteiger partial charge is 0.345 e. The summed E-state index contributed by atoms with van der Waals surface area (Å²) in [5.41, 5.74) is 5.60. The number of nitrogens with two attached hydrogens (primary N) is 1. The number of alkyl halides is 2. The van der Waals surface area contributed by atoms with Crippen molar-refractivity contribution in [2.24, 2.45) is 5.73 Å². The molecule has 0 aliphatic carbocycles. The number of amides is 2. The van der Waals surface area contributed by atoms with E-state index >= 15 is 0 Å². The van der Waals surface area contributed by atoms with E-state index in [1.165, 1.54) is 0 Å². The molecule has 3 N–H and O–H groups in total. The van der Waals surface area contributed by atoms with Crippen LogP contribution in [-0.4, -0.2) is 19.2 Å². The van der Waals surface area contributed by atoms with Crippen LogP contribution in [0.1, 0.15) is 11.6 Å². The first-order valence-electron chi connectivity index (χ1n) is 4.60. The van der Waals surface area contributed by atoms with Crippen molar-refractivity contribution in [3.05, 3.63) is 35.9 Å². The Balaban J connectivity index is 2.67. The monoisotopic (exact) mass is 230 g/mol. The molecule has 4 nitrogen and oxygen atoms in total. The fraction of sp³-hybridized carbons (Fsp3) is 0.300. The van der Waals surface area contributed by atoms with Crippen LogP contribution >= 0.6 is 0 Å². The first kappa shape index (κ1) is 12.4. The van der Waals surface area contributed by atoms with Crippen molar-refractivity contribution < 1.29 is 18.3 Å². The number of urea groups is 1. The molecule has 16 heavy (non-hydrogen) atoms. The number of halogens is 2. The Bertz CT molecular complexity index is 333. The first-order chi connectivity index (χ1) is 7.59. The summed E-state index contributed by atoms with van der Waals surface area (Å²) in [6.07, 6.45) is 0. The van der Waals surface area contributed by atoms with E-state index in [4.69, 9.17) is 5.73 Å².